The normalized spacial score (nSPS) is 12.0. The predicted molar refractivity (Wildman–Crippen MR) is 112 cm³/mol. The first-order chi connectivity index (χ1) is 13.8. The van der Waals surface area contributed by atoms with E-state index in [4.69, 9.17) is 11.5 Å². The van der Waals surface area contributed by atoms with Crippen LogP contribution in [0.2, 0.25) is 0 Å². The maximum Gasteiger partial charge on any atom is 0.271 e. The second-order valence-corrected chi connectivity index (χ2v) is 7.08. The summed E-state index contributed by atoms with van der Waals surface area (Å²) in [6.07, 6.45) is 3.61. The molecular formula is C20H23N7O2. The summed E-state index contributed by atoms with van der Waals surface area (Å²) < 4.78 is 0. The molecule has 1 aromatic carbocycles. The van der Waals surface area contributed by atoms with E-state index in [-0.39, 0.29) is 17.4 Å². The molecule has 0 aliphatic carbocycles. The Kier molecular flexibility index (Phi) is 5.87. The fraction of sp³-hybridized carbons (Fsp3) is 0.250. The maximum atomic E-state index is 11.8. The first-order valence-electron chi connectivity index (χ1n) is 9.18. The van der Waals surface area contributed by atoms with Gasteiger partial charge in [0.2, 0.25) is 5.91 Å². The van der Waals surface area contributed by atoms with E-state index in [1.807, 2.05) is 44.2 Å². The minimum atomic E-state index is -0.720. The van der Waals surface area contributed by atoms with Crippen LogP contribution < -0.4 is 22.1 Å². The summed E-state index contributed by atoms with van der Waals surface area (Å²) >= 11 is 0. The molecule has 0 bridgehead atoms. The highest BCUT2D eigenvalue weighted by molar-refractivity contribution is 5.96. The highest BCUT2D eigenvalue weighted by Crippen LogP contribution is 2.23. The van der Waals surface area contributed by atoms with Gasteiger partial charge in [0.25, 0.3) is 5.91 Å². The first-order valence-corrected chi connectivity index (χ1v) is 9.18. The molecule has 9 nitrogen and oxygen atoms in total. The largest absolute Gasteiger partial charge is 0.368 e. The highest BCUT2D eigenvalue weighted by atomic mass is 16.1. The van der Waals surface area contributed by atoms with Gasteiger partial charge >= 0.3 is 0 Å². The molecule has 0 aliphatic heterocycles. The molecule has 0 unspecified atom stereocenters. The predicted octanol–water partition coefficient (Wildman–Crippen LogP) is 2.18. The van der Waals surface area contributed by atoms with Gasteiger partial charge in [-0.3, -0.25) is 14.6 Å². The number of carbonyl (C=O) groups is 2. The number of benzene rings is 1. The summed E-state index contributed by atoms with van der Waals surface area (Å²) in [7, 11) is 0. The lowest BCUT2D eigenvalue weighted by molar-refractivity contribution is -0.119. The van der Waals surface area contributed by atoms with E-state index in [9.17, 15) is 9.59 Å². The van der Waals surface area contributed by atoms with Crippen molar-refractivity contribution in [2.24, 2.45) is 17.4 Å². The summed E-state index contributed by atoms with van der Waals surface area (Å²) in [5.41, 5.74) is 12.4. The van der Waals surface area contributed by atoms with E-state index in [0.717, 1.165) is 10.9 Å². The summed E-state index contributed by atoms with van der Waals surface area (Å²) in [5, 5.41) is 6.98. The number of hydrogen-bond acceptors (Lipinski definition) is 7. The Balaban J connectivity index is 1.91. The Morgan fingerprint density at radius 3 is 2.62 bits per heavy atom. The van der Waals surface area contributed by atoms with Crippen LogP contribution in [0.1, 0.15) is 30.8 Å². The van der Waals surface area contributed by atoms with Gasteiger partial charge in [-0.1, -0.05) is 19.9 Å². The number of anilines is 3. The van der Waals surface area contributed by atoms with Crippen molar-refractivity contribution >= 4 is 40.0 Å². The molecule has 0 aliphatic rings. The molecule has 6 N–H and O–H groups in total. The van der Waals surface area contributed by atoms with Crippen LogP contribution in [0.4, 0.5) is 17.3 Å². The van der Waals surface area contributed by atoms with Crippen molar-refractivity contribution in [3.8, 4) is 0 Å². The smallest absolute Gasteiger partial charge is 0.271 e. The monoisotopic (exact) mass is 393 g/mol. The van der Waals surface area contributed by atoms with Crippen LogP contribution in [-0.4, -0.2) is 32.8 Å². The van der Waals surface area contributed by atoms with Gasteiger partial charge < -0.3 is 22.1 Å². The molecule has 3 aromatic rings. The average molecular weight is 393 g/mol. The Morgan fingerprint density at radius 2 is 1.93 bits per heavy atom. The molecule has 3 rings (SSSR count). The highest BCUT2D eigenvalue weighted by Gasteiger charge is 2.19. The van der Waals surface area contributed by atoms with Crippen molar-refractivity contribution in [2.75, 3.05) is 10.6 Å². The third kappa shape index (κ3) is 4.95. The molecule has 150 valence electrons. The molecule has 0 saturated carbocycles. The fourth-order valence-corrected chi connectivity index (χ4v) is 2.91. The number of fused-ring (bicyclic) bond motifs is 1. The van der Waals surface area contributed by atoms with Crippen LogP contribution in [0.5, 0.6) is 0 Å². The van der Waals surface area contributed by atoms with Crippen LogP contribution in [0.15, 0.2) is 42.7 Å². The minimum Gasteiger partial charge on any atom is -0.368 e. The second-order valence-electron chi connectivity index (χ2n) is 7.08. The zero-order chi connectivity index (χ0) is 21.0. The van der Waals surface area contributed by atoms with E-state index in [0.29, 0.717) is 17.9 Å². The molecule has 9 heteroatoms. The quantitative estimate of drug-likeness (QED) is 0.458. The molecule has 29 heavy (non-hydrogen) atoms. The van der Waals surface area contributed by atoms with Crippen LogP contribution in [0.25, 0.3) is 10.9 Å². The lowest BCUT2D eigenvalue weighted by Crippen LogP contribution is -2.37. The maximum absolute atomic E-state index is 11.8. The van der Waals surface area contributed by atoms with Crippen LogP contribution in [-0.2, 0) is 4.79 Å². The second kappa shape index (κ2) is 8.51. The van der Waals surface area contributed by atoms with Crippen LogP contribution in [0.3, 0.4) is 0 Å². The van der Waals surface area contributed by atoms with E-state index in [2.05, 4.69) is 25.6 Å². The number of nitrogens with one attached hydrogen (secondary N) is 2. The number of nitrogens with two attached hydrogens (primary N) is 2. The van der Waals surface area contributed by atoms with Crippen LogP contribution >= 0.6 is 0 Å². The van der Waals surface area contributed by atoms with Gasteiger partial charge in [0.05, 0.1) is 11.7 Å². The molecule has 0 saturated heterocycles. The average Bonchev–Trinajstić information content (AvgIpc) is 2.67. The third-order valence-electron chi connectivity index (χ3n) is 4.24. The molecule has 2 aromatic heterocycles. The number of hydrogen-bond donors (Lipinski definition) is 4. The van der Waals surface area contributed by atoms with E-state index < -0.39 is 17.9 Å². The molecule has 1 atom stereocenters. The Labute approximate surface area is 167 Å². The van der Waals surface area contributed by atoms with Gasteiger partial charge in [0, 0.05) is 17.3 Å². The van der Waals surface area contributed by atoms with Crippen LogP contribution in [0, 0.1) is 5.92 Å². The molecular weight excluding hydrogens is 370 g/mol. The number of primary amides is 2. The van der Waals surface area contributed by atoms with Crippen molar-refractivity contribution in [1.82, 2.24) is 15.0 Å². The lowest BCUT2D eigenvalue weighted by atomic mass is 10.0. The molecule has 2 amide bonds. The Morgan fingerprint density at radius 1 is 1.14 bits per heavy atom. The number of pyridine rings is 1. The van der Waals surface area contributed by atoms with Gasteiger partial charge in [-0.15, -0.1) is 0 Å². The number of carbonyl (C=O) groups excluding carboxylic acids is 2. The van der Waals surface area contributed by atoms with E-state index in [1.54, 1.807) is 6.20 Å². The van der Waals surface area contributed by atoms with Gasteiger partial charge in [-0.05, 0) is 36.6 Å². The molecule has 0 spiro atoms. The van der Waals surface area contributed by atoms with Gasteiger partial charge in [0.15, 0.2) is 11.5 Å². The van der Waals surface area contributed by atoms with Crippen molar-refractivity contribution in [1.29, 1.82) is 0 Å². The lowest BCUT2D eigenvalue weighted by Gasteiger charge is -2.18. The number of rotatable bonds is 8. The van der Waals surface area contributed by atoms with E-state index in [1.165, 1.54) is 6.20 Å². The number of aromatic nitrogens is 3. The Hall–Kier alpha value is -3.75. The van der Waals surface area contributed by atoms with E-state index >= 15 is 0 Å². The summed E-state index contributed by atoms with van der Waals surface area (Å²) in [4.78, 5) is 36.3. The molecule has 0 fully saturated rings. The van der Waals surface area contributed by atoms with Crippen molar-refractivity contribution in [2.45, 2.75) is 26.3 Å². The van der Waals surface area contributed by atoms with Crippen molar-refractivity contribution < 1.29 is 9.59 Å². The zero-order valence-electron chi connectivity index (χ0n) is 16.2. The third-order valence-corrected chi connectivity index (χ3v) is 4.24. The minimum absolute atomic E-state index is 0.0127. The SMILES string of the molecule is CC(C)C[C@@H](Nc1cnc(C(N)=O)c(Nc2ccc3ncccc3c2)n1)C(N)=O. The summed E-state index contributed by atoms with van der Waals surface area (Å²) in [6, 6.07) is 8.69. The van der Waals surface area contributed by atoms with Gasteiger partial charge in [0.1, 0.15) is 11.9 Å². The number of amides is 2. The summed E-state index contributed by atoms with van der Waals surface area (Å²) in [5.74, 6) is -0.469. The van der Waals surface area contributed by atoms with Crippen molar-refractivity contribution in [3.05, 3.63) is 48.4 Å². The molecule has 0 radical (unpaired) electrons. The topological polar surface area (TPSA) is 149 Å². The summed E-state index contributed by atoms with van der Waals surface area (Å²) in [6.45, 7) is 3.97. The first kappa shape index (κ1) is 20.0. The number of nitrogens with zero attached hydrogens (tertiary/aromatic N) is 3. The molecule has 2 heterocycles. The standard InChI is InChI=1S/C20H23N7O2/c1-11(2)8-15(18(21)28)26-16-10-24-17(19(22)29)20(27-16)25-13-5-6-14-12(9-13)4-3-7-23-14/h3-7,9-11,15H,8H2,1-2H3,(H2,21,28)(H2,22,29)(H2,25,26,27)/t15-/m1/s1. The Bertz CT molecular complexity index is 1050. The fourth-order valence-electron chi connectivity index (χ4n) is 2.91. The zero-order valence-corrected chi connectivity index (χ0v) is 16.2. The van der Waals surface area contributed by atoms with Gasteiger partial charge in [-0.25, -0.2) is 9.97 Å². The van der Waals surface area contributed by atoms with Gasteiger partial charge in [-0.2, -0.15) is 0 Å². The van der Waals surface area contributed by atoms with Crippen molar-refractivity contribution in [3.63, 3.8) is 0 Å².